The molecule has 2 aromatic carbocycles. The maximum Gasteiger partial charge on any atom is 0.411 e. The summed E-state index contributed by atoms with van der Waals surface area (Å²) in [7, 11) is 0. The van der Waals surface area contributed by atoms with Crippen LogP contribution in [0.3, 0.4) is 0 Å². The molecule has 2 N–H and O–H groups in total. The number of alkyl halides is 2. The Morgan fingerprint density at radius 3 is 2.33 bits per heavy atom. The van der Waals surface area contributed by atoms with Gasteiger partial charge in [0, 0.05) is 11.4 Å². The van der Waals surface area contributed by atoms with Gasteiger partial charge < -0.3 is 14.8 Å². The summed E-state index contributed by atoms with van der Waals surface area (Å²) in [5.74, 6) is -0.640. The number of anilines is 2. The number of nitrogens with one attached hydrogen (secondary N) is 2. The number of hydrogen-bond acceptors (Lipinski definition) is 4. The summed E-state index contributed by atoms with van der Waals surface area (Å²) in [4.78, 5) is 24.1. The number of halogens is 2. The fourth-order valence-electron chi connectivity index (χ4n) is 2.12. The first kappa shape index (κ1) is 20.2. The van der Waals surface area contributed by atoms with Crippen LogP contribution in [0.25, 0.3) is 0 Å². The molecule has 0 atom stereocenters. The predicted octanol–water partition coefficient (Wildman–Crippen LogP) is 4.74. The Morgan fingerprint density at radius 2 is 1.67 bits per heavy atom. The minimum absolute atomic E-state index is 0.0347. The summed E-state index contributed by atoms with van der Waals surface area (Å²) in [6, 6.07) is 12.0. The molecule has 0 aliphatic rings. The van der Waals surface area contributed by atoms with Gasteiger partial charge in [-0.1, -0.05) is 32.0 Å². The number of amides is 2. The van der Waals surface area contributed by atoms with Crippen LogP contribution in [0.4, 0.5) is 25.0 Å². The zero-order valence-corrected chi connectivity index (χ0v) is 14.9. The summed E-state index contributed by atoms with van der Waals surface area (Å²) >= 11 is 0. The van der Waals surface area contributed by atoms with Crippen molar-refractivity contribution in [1.82, 2.24) is 0 Å². The Bertz CT molecular complexity index is 797. The average molecular weight is 378 g/mol. The van der Waals surface area contributed by atoms with Gasteiger partial charge in [-0.25, -0.2) is 4.79 Å². The zero-order chi connectivity index (χ0) is 19.8. The van der Waals surface area contributed by atoms with E-state index in [2.05, 4.69) is 15.4 Å². The number of ether oxygens (including phenoxy) is 2. The maximum atomic E-state index is 12.5. The van der Waals surface area contributed by atoms with E-state index in [4.69, 9.17) is 4.74 Å². The molecule has 0 spiro atoms. The standard InChI is InChI=1S/C19H20F2N2O4/c1-12(2)11-26-19(25)23-14-7-5-6-13(10-14)22-17(24)15-8-3-4-9-16(15)27-18(20)21/h3-10,12,18H,11H2,1-2H3,(H,22,24)(H,23,25). The lowest BCUT2D eigenvalue weighted by Crippen LogP contribution is -2.17. The first-order valence-corrected chi connectivity index (χ1v) is 8.24. The Balaban J connectivity index is 2.06. The molecule has 0 bridgehead atoms. The van der Waals surface area contributed by atoms with Crippen molar-refractivity contribution in [2.24, 2.45) is 5.92 Å². The van der Waals surface area contributed by atoms with Crippen LogP contribution in [0.15, 0.2) is 48.5 Å². The third-order valence-electron chi connectivity index (χ3n) is 3.26. The molecule has 0 unspecified atom stereocenters. The highest BCUT2D eigenvalue weighted by molar-refractivity contribution is 6.06. The molecule has 0 aromatic heterocycles. The highest BCUT2D eigenvalue weighted by Gasteiger charge is 2.15. The monoisotopic (exact) mass is 378 g/mol. The molecule has 0 heterocycles. The molecule has 2 aromatic rings. The predicted molar refractivity (Wildman–Crippen MR) is 97.3 cm³/mol. The molecule has 0 fully saturated rings. The van der Waals surface area contributed by atoms with E-state index in [9.17, 15) is 18.4 Å². The molecular formula is C19H20F2N2O4. The van der Waals surface area contributed by atoms with E-state index in [-0.39, 0.29) is 23.8 Å². The van der Waals surface area contributed by atoms with Gasteiger partial charge in [0.05, 0.1) is 12.2 Å². The molecule has 6 nitrogen and oxygen atoms in total. The van der Waals surface area contributed by atoms with Gasteiger partial charge in [0.15, 0.2) is 0 Å². The number of carbonyl (C=O) groups is 2. The molecule has 2 amide bonds. The van der Waals surface area contributed by atoms with Gasteiger partial charge in [-0.2, -0.15) is 8.78 Å². The van der Waals surface area contributed by atoms with E-state index in [1.165, 1.54) is 30.3 Å². The van der Waals surface area contributed by atoms with Crippen LogP contribution in [0.1, 0.15) is 24.2 Å². The van der Waals surface area contributed by atoms with Crippen LogP contribution in [0.5, 0.6) is 5.75 Å². The van der Waals surface area contributed by atoms with E-state index in [1.54, 1.807) is 18.2 Å². The van der Waals surface area contributed by atoms with Crippen molar-refractivity contribution in [1.29, 1.82) is 0 Å². The van der Waals surface area contributed by atoms with Gasteiger partial charge in [0.1, 0.15) is 5.75 Å². The lowest BCUT2D eigenvalue weighted by atomic mass is 10.2. The van der Waals surface area contributed by atoms with Gasteiger partial charge in [-0.05, 0) is 36.2 Å². The van der Waals surface area contributed by atoms with Crippen molar-refractivity contribution in [3.8, 4) is 5.75 Å². The fraction of sp³-hybridized carbons (Fsp3) is 0.263. The summed E-state index contributed by atoms with van der Waals surface area (Å²) in [6.07, 6.45) is -0.608. The van der Waals surface area contributed by atoms with Crippen LogP contribution in [-0.4, -0.2) is 25.2 Å². The Kier molecular flexibility index (Phi) is 7.10. The van der Waals surface area contributed by atoms with E-state index in [0.717, 1.165) is 0 Å². The molecule has 144 valence electrons. The first-order chi connectivity index (χ1) is 12.8. The molecule has 0 saturated carbocycles. The Morgan fingerprint density at radius 1 is 1.00 bits per heavy atom. The van der Waals surface area contributed by atoms with Crippen LogP contribution in [0, 0.1) is 5.92 Å². The van der Waals surface area contributed by atoms with Crippen molar-refractivity contribution in [2.75, 3.05) is 17.2 Å². The van der Waals surface area contributed by atoms with Gasteiger partial charge >= 0.3 is 12.7 Å². The van der Waals surface area contributed by atoms with Crippen LogP contribution in [-0.2, 0) is 4.74 Å². The van der Waals surface area contributed by atoms with Crippen LogP contribution >= 0.6 is 0 Å². The van der Waals surface area contributed by atoms with Gasteiger partial charge in [-0.3, -0.25) is 10.1 Å². The fourth-order valence-corrected chi connectivity index (χ4v) is 2.12. The molecule has 0 aliphatic heterocycles. The number of benzene rings is 2. The van der Waals surface area contributed by atoms with Crippen LogP contribution < -0.4 is 15.4 Å². The number of para-hydroxylation sites is 1. The summed E-state index contributed by atoms with van der Waals surface area (Å²) < 4.78 is 34.3. The Labute approximate surface area is 155 Å². The second-order valence-corrected chi connectivity index (χ2v) is 6.03. The largest absolute Gasteiger partial charge is 0.449 e. The molecule has 8 heteroatoms. The highest BCUT2D eigenvalue weighted by Crippen LogP contribution is 2.22. The third-order valence-corrected chi connectivity index (χ3v) is 3.26. The van der Waals surface area contributed by atoms with Gasteiger partial charge in [0.2, 0.25) is 0 Å². The topological polar surface area (TPSA) is 76.7 Å². The SMILES string of the molecule is CC(C)COC(=O)Nc1cccc(NC(=O)c2ccccc2OC(F)F)c1. The quantitative estimate of drug-likeness (QED) is 0.729. The van der Waals surface area contributed by atoms with Crippen molar-refractivity contribution >= 4 is 23.4 Å². The van der Waals surface area contributed by atoms with Crippen LogP contribution in [0.2, 0.25) is 0 Å². The Hall–Kier alpha value is -3.16. The summed E-state index contributed by atoms with van der Waals surface area (Å²) in [5.41, 5.74) is 0.750. The second-order valence-electron chi connectivity index (χ2n) is 6.03. The van der Waals surface area contributed by atoms with E-state index in [1.807, 2.05) is 13.8 Å². The van der Waals surface area contributed by atoms with Crippen molar-refractivity contribution in [3.05, 3.63) is 54.1 Å². The lowest BCUT2D eigenvalue weighted by molar-refractivity contribution is -0.0501. The van der Waals surface area contributed by atoms with Crippen molar-refractivity contribution in [3.63, 3.8) is 0 Å². The molecule has 0 radical (unpaired) electrons. The molecule has 2 rings (SSSR count). The summed E-state index contributed by atoms with van der Waals surface area (Å²) in [5, 5.41) is 5.13. The molecule has 0 saturated heterocycles. The highest BCUT2D eigenvalue weighted by atomic mass is 19.3. The first-order valence-electron chi connectivity index (χ1n) is 8.24. The number of hydrogen-bond donors (Lipinski definition) is 2. The smallest absolute Gasteiger partial charge is 0.411 e. The van der Waals surface area contributed by atoms with E-state index < -0.39 is 18.6 Å². The minimum Gasteiger partial charge on any atom is -0.449 e. The normalized spacial score (nSPS) is 10.6. The zero-order valence-electron chi connectivity index (χ0n) is 14.9. The summed E-state index contributed by atoms with van der Waals surface area (Å²) in [6.45, 7) is 1.07. The maximum absolute atomic E-state index is 12.5. The molecule has 0 aliphatic carbocycles. The van der Waals surface area contributed by atoms with Crippen molar-refractivity contribution < 1.29 is 27.8 Å². The minimum atomic E-state index is -3.04. The van der Waals surface area contributed by atoms with Gasteiger partial charge in [0.25, 0.3) is 5.91 Å². The molecular weight excluding hydrogens is 358 g/mol. The van der Waals surface area contributed by atoms with E-state index >= 15 is 0 Å². The van der Waals surface area contributed by atoms with E-state index in [0.29, 0.717) is 11.4 Å². The molecule has 27 heavy (non-hydrogen) atoms. The lowest BCUT2D eigenvalue weighted by Gasteiger charge is -2.12. The average Bonchev–Trinajstić information content (AvgIpc) is 2.60. The third kappa shape index (κ3) is 6.58. The van der Waals surface area contributed by atoms with Gasteiger partial charge in [-0.15, -0.1) is 0 Å². The number of rotatable bonds is 7. The second kappa shape index (κ2) is 9.51. The number of carbonyl (C=O) groups excluding carboxylic acids is 2. The van der Waals surface area contributed by atoms with Crippen molar-refractivity contribution in [2.45, 2.75) is 20.5 Å².